The van der Waals surface area contributed by atoms with Gasteiger partial charge >= 0.3 is 5.97 Å². The summed E-state index contributed by atoms with van der Waals surface area (Å²) < 4.78 is 29.2. The third kappa shape index (κ3) is 4.10. The summed E-state index contributed by atoms with van der Waals surface area (Å²) in [6.45, 7) is 1.02. The van der Waals surface area contributed by atoms with Gasteiger partial charge in [-0.25, -0.2) is 18.2 Å². The normalized spacial score (nSPS) is 15.3. The van der Waals surface area contributed by atoms with Gasteiger partial charge in [0.25, 0.3) is 10.0 Å². The van der Waals surface area contributed by atoms with E-state index in [-0.39, 0.29) is 9.78 Å². The first-order chi connectivity index (χ1) is 15.9. The Morgan fingerprint density at radius 2 is 1.73 bits per heavy atom. The highest BCUT2D eigenvalue weighted by molar-refractivity contribution is 7.91. The molecule has 7 nitrogen and oxygen atoms in total. The van der Waals surface area contributed by atoms with Crippen molar-refractivity contribution >= 4 is 50.0 Å². The first-order valence-electron chi connectivity index (χ1n) is 10.5. The minimum Gasteiger partial charge on any atom is -0.478 e. The Kier molecular flexibility index (Phi) is 5.61. The quantitative estimate of drug-likeness (QED) is 0.411. The lowest BCUT2D eigenvalue weighted by Gasteiger charge is -2.13. The van der Waals surface area contributed by atoms with Gasteiger partial charge in [0.15, 0.2) is 0 Å². The van der Waals surface area contributed by atoms with Gasteiger partial charge in [0.1, 0.15) is 10.5 Å². The molecule has 0 saturated carbocycles. The van der Waals surface area contributed by atoms with Gasteiger partial charge in [-0.2, -0.15) is 4.31 Å². The maximum absolute atomic E-state index is 12.8. The van der Waals surface area contributed by atoms with Crippen molar-refractivity contribution in [1.29, 1.82) is 0 Å². The third-order valence-corrected chi connectivity index (χ3v) is 9.16. The van der Waals surface area contributed by atoms with Gasteiger partial charge in [0, 0.05) is 23.7 Å². The van der Waals surface area contributed by atoms with Gasteiger partial charge < -0.3 is 5.11 Å². The van der Waals surface area contributed by atoms with Crippen LogP contribution in [0.25, 0.3) is 28.4 Å². The van der Waals surface area contributed by atoms with Gasteiger partial charge in [-0.3, -0.25) is 4.57 Å². The number of fused-ring (bicyclic) bond motifs is 1. The lowest BCUT2D eigenvalue weighted by atomic mass is 10.1. The molecule has 5 rings (SSSR count). The second-order valence-corrected chi connectivity index (χ2v) is 11.0. The van der Waals surface area contributed by atoms with Crippen molar-refractivity contribution in [1.82, 2.24) is 13.9 Å². The molecule has 2 aromatic carbocycles. The maximum Gasteiger partial charge on any atom is 0.337 e. The van der Waals surface area contributed by atoms with Crippen LogP contribution in [0.1, 0.15) is 23.3 Å². The zero-order valence-corrected chi connectivity index (χ0v) is 19.2. The van der Waals surface area contributed by atoms with E-state index < -0.39 is 16.0 Å². The van der Waals surface area contributed by atoms with Crippen molar-refractivity contribution in [2.45, 2.75) is 17.1 Å². The Balaban J connectivity index is 1.44. The molecule has 0 radical (unpaired) electrons. The van der Waals surface area contributed by atoms with E-state index in [2.05, 4.69) is 4.98 Å². The van der Waals surface area contributed by atoms with Crippen LogP contribution in [0.3, 0.4) is 0 Å². The zero-order chi connectivity index (χ0) is 23.0. The number of nitrogens with zero attached hydrogens (tertiary/aromatic N) is 3. The fourth-order valence-corrected chi connectivity index (χ4v) is 6.95. The predicted molar refractivity (Wildman–Crippen MR) is 129 cm³/mol. The summed E-state index contributed by atoms with van der Waals surface area (Å²) in [6, 6.07) is 18.4. The van der Waals surface area contributed by atoms with Crippen LogP contribution in [-0.4, -0.2) is 46.4 Å². The van der Waals surface area contributed by atoms with Crippen LogP contribution < -0.4 is 0 Å². The number of carboxylic acid groups (broad SMARTS) is 1. The average molecular weight is 480 g/mol. The Morgan fingerprint density at radius 3 is 2.45 bits per heavy atom. The fraction of sp³-hybridized carbons (Fsp3) is 0.167. The second-order valence-electron chi connectivity index (χ2n) is 7.79. The first-order valence-corrected chi connectivity index (χ1v) is 12.8. The molecule has 33 heavy (non-hydrogen) atoms. The van der Waals surface area contributed by atoms with Crippen molar-refractivity contribution in [3.05, 3.63) is 77.4 Å². The minimum absolute atomic E-state index is 0.0590. The van der Waals surface area contributed by atoms with Crippen LogP contribution in [0.15, 0.2) is 71.2 Å². The SMILES string of the molecule is O=C(O)/C(=C\c1ccc(-n2cnc3ccccc32)cc1)c1ccc(S(=O)(=O)N2CCCC2)s1. The van der Waals surface area contributed by atoms with E-state index in [1.54, 1.807) is 18.5 Å². The van der Waals surface area contributed by atoms with Crippen molar-refractivity contribution in [3.8, 4) is 5.69 Å². The molecule has 0 aliphatic carbocycles. The number of aromatic nitrogens is 2. The van der Waals surface area contributed by atoms with E-state index in [1.165, 1.54) is 10.4 Å². The van der Waals surface area contributed by atoms with Crippen LogP contribution in [-0.2, 0) is 14.8 Å². The Hall–Kier alpha value is -3.27. The first kappa shape index (κ1) is 21.6. The Morgan fingerprint density at radius 1 is 1.00 bits per heavy atom. The molecular weight excluding hydrogens is 458 g/mol. The molecule has 4 aromatic rings. The van der Waals surface area contributed by atoms with Crippen molar-refractivity contribution in [2.24, 2.45) is 0 Å². The molecule has 9 heteroatoms. The molecule has 0 unspecified atom stereocenters. The summed E-state index contributed by atoms with van der Waals surface area (Å²) in [5, 5.41) is 9.80. The number of carboxylic acids is 1. The highest BCUT2D eigenvalue weighted by Gasteiger charge is 2.29. The molecule has 1 fully saturated rings. The number of imidazole rings is 1. The molecule has 1 N–H and O–H groups in total. The van der Waals surface area contributed by atoms with Crippen molar-refractivity contribution in [2.75, 3.05) is 13.1 Å². The summed E-state index contributed by atoms with van der Waals surface area (Å²) in [7, 11) is -3.58. The average Bonchev–Trinajstić information content (AvgIpc) is 3.59. The Bertz CT molecular complexity index is 1460. The molecule has 0 amide bonds. The fourth-order valence-electron chi connectivity index (χ4n) is 3.96. The number of benzene rings is 2. The number of para-hydroxylation sites is 2. The summed E-state index contributed by atoms with van der Waals surface area (Å²) in [5.41, 5.74) is 3.55. The molecule has 2 aromatic heterocycles. The summed E-state index contributed by atoms with van der Waals surface area (Å²) in [5.74, 6) is -1.10. The van der Waals surface area contributed by atoms with Crippen LogP contribution in [0.4, 0.5) is 0 Å². The van der Waals surface area contributed by atoms with E-state index in [0.717, 1.165) is 40.9 Å². The summed E-state index contributed by atoms with van der Waals surface area (Å²) in [6.07, 6.45) is 5.02. The lowest BCUT2D eigenvalue weighted by molar-refractivity contribution is -0.130. The zero-order valence-electron chi connectivity index (χ0n) is 17.6. The lowest BCUT2D eigenvalue weighted by Crippen LogP contribution is -2.27. The smallest absolute Gasteiger partial charge is 0.337 e. The third-order valence-electron chi connectivity index (χ3n) is 5.67. The molecule has 3 heterocycles. The molecule has 0 atom stereocenters. The van der Waals surface area contributed by atoms with E-state index >= 15 is 0 Å². The molecule has 0 spiro atoms. The standard InChI is InChI=1S/C24H21N3O4S2/c28-24(29)19(22-11-12-23(32-22)33(30,31)26-13-3-4-14-26)15-17-7-9-18(10-8-17)27-16-25-20-5-1-2-6-21(20)27/h1-2,5-12,15-16H,3-4,13-14H2,(H,28,29)/b19-15-. The number of hydrogen-bond acceptors (Lipinski definition) is 5. The van der Waals surface area contributed by atoms with Gasteiger partial charge in [-0.15, -0.1) is 11.3 Å². The van der Waals surface area contributed by atoms with E-state index in [4.69, 9.17) is 0 Å². The molecular formula is C24H21N3O4S2. The van der Waals surface area contributed by atoms with Gasteiger partial charge in [0.05, 0.1) is 16.6 Å². The van der Waals surface area contributed by atoms with Crippen LogP contribution in [0.5, 0.6) is 0 Å². The minimum atomic E-state index is -3.58. The van der Waals surface area contributed by atoms with Gasteiger partial charge in [0.2, 0.25) is 0 Å². The van der Waals surface area contributed by atoms with Crippen LogP contribution >= 0.6 is 11.3 Å². The molecule has 1 saturated heterocycles. The van der Waals surface area contributed by atoms with Crippen LogP contribution in [0, 0.1) is 0 Å². The van der Waals surface area contributed by atoms with Gasteiger partial charge in [-0.05, 0) is 60.9 Å². The number of sulfonamides is 1. The van der Waals surface area contributed by atoms with E-state index in [9.17, 15) is 18.3 Å². The summed E-state index contributed by atoms with van der Waals surface area (Å²) >= 11 is 0.994. The van der Waals surface area contributed by atoms with Crippen LogP contribution in [0.2, 0.25) is 0 Å². The Labute approximate surface area is 195 Å². The molecule has 1 aliphatic rings. The monoisotopic (exact) mass is 479 g/mol. The highest BCUT2D eigenvalue weighted by Crippen LogP contribution is 2.32. The number of thiophene rings is 1. The van der Waals surface area contributed by atoms with E-state index in [0.29, 0.717) is 23.5 Å². The molecule has 0 bridgehead atoms. The second kappa shape index (κ2) is 8.58. The number of hydrogen-bond donors (Lipinski definition) is 1. The highest BCUT2D eigenvalue weighted by atomic mass is 32.2. The number of carbonyl (C=O) groups is 1. The van der Waals surface area contributed by atoms with Crippen molar-refractivity contribution < 1.29 is 18.3 Å². The largest absolute Gasteiger partial charge is 0.478 e. The number of rotatable bonds is 6. The summed E-state index contributed by atoms with van der Waals surface area (Å²) in [4.78, 5) is 16.8. The van der Waals surface area contributed by atoms with Crippen molar-refractivity contribution in [3.63, 3.8) is 0 Å². The van der Waals surface area contributed by atoms with Gasteiger partial charge in [-0.1, -0.05) is 24.3 Å². The van der Waals surface area contributed by atoms with E-state index in [1.807, 2.05) is 53.1 Å². The topological polar surface area (TPSA) is 92.5 Å². The molecule has 168 valence electrons. The number of aliphatic carboxylic acids is 1. The maximum atomic E-state index is 12.8. The molecule has 1 aliphatic heterocycles. The predicted octanol–water partition coefficient (Wildman–Crippen LogP) is 4.50.